The summed E-state index contributed by atoms with van der Waals surface area (Å²) in [5.41, 5.74) is 4.14. The second-order valence-corrected chi connectivity index (χ2v) is 7.06. The molecule has 3 aromatic rings. The van der Waals surface area contributed by atoms with Gasteiger partial charge in [-0.1, -0.05) is 26.0 Å². The molecule has 1 aromatic heterocycles. The van der Waals surface area contributed by atoms with E-state index in [1.165, 1.54) is 5.56 Å². The average molecular weight is 377 g/mol. The minimum Gasteiger partial charge on any atom is -0.441 e. The van der Waals surface area contributed by atoms with Crippen LogP contribution in [0.25, 0.3) is 11.1 Å². The van der Waals surface area contributed by atoms with Crippen LogP contribution < -0.4 is 10.2 Å². The topological polar surface area (TPSA) is 75.4 Å². The lowest BCUT2D eigenvalue weighted by Gasteiger charge is -2.17. The maximum Gasteiger partial charge on any atom is 0.229 e. The van der Waals surface area contributed by atoms with Gasteiger partial charge >= 0.3 is 0 Å². The molecular formula is C22H23N3O3. The maximum absolute atomic E-state index is 12.7. The van der Waals surface area contributed by atoms with Crippen LogP contribution >= 0.6 is 0 Å². The van der Waals surface area contributed by atoms with Crippen molar-refractivity contribution in [2.24, 2.45) is 5.92 Å². The number of carbonyl (C=O) groups is 2. The van der Waals surface area contributed by atoms with Crippen molar-refractivity contribution < 1.29 is 14.0 Å². The van der Waals surface area contributed by atoms with Crippen LogP contribution in [0, 0.1) is 5.92 Å². The summed E-state index contributed by atoms with van der Waals surface area (Å²) < 4.78 is 5.60. The Morgan fingerprint density at radius 2 is 1.96 bits per heavy atom. The largest absolute Gasteiger partial charge is 0.441 e. The number of aryl methyl sites for hydroxylation is 2. The summed E-state index contributed by atoms with van der Waals surface area (Å²) in [7, 11) is 0. The van der Waals surface area contributed by atoms with E-state index in [1.54, 1.807) is 23.1 Å². The molecule has 0 spiro atoms. The summed E-state index contributed by atoms with van der Waals surface area (Å²) in [6, 6.07) is 13.3. The molecule has 0 bridgehead atoms. The van der Waals surface area contributed by atoms with Crippen LogP contribution in [0.3, 0.4) is 0 Å². The van der Waals surface area contributed by atoms with Crippen LogP contribution in [0.15, 0.2) is 46.9 Å². The molecule has 0 aliphatic carbocycles. The first kappa shape index (κ1) is 18.2. The fourth-order valence-electron chi connectivity index (χ4n) is 3.49. The summed E-state index contributed by atoms with van der Waals surface area (Å²) in [4.78, 5) is 31.2. The predicted molar refractivity (Wildman–Crippen MR) is 108 cm³/mol. The smallest absolute Gasteiger partial charge is 0.229 e. The van der Waals surface area contributed by atoms with Gasteiger partial charge in [-0.05, 0) is 42.3 Å². The van der Waals surface area contributed by atoms with E-state index in [1.807, 2.05) is 31.2 Å². The van der Waals surface area contributed by atoms with Crippen LogP contribution in [-0.2, 0) is 22.4 Å². The van der Waals surface area contributed by atoms with Gasteiger partial charge in [0, 0.05) is 30.8 Å². The van der Waals surface area contributed by atoms with Gasteiger partial charge in [0.05, 0.1) is 5.92 Å². The number of rotatable bonds is 5. The maximum atomic E-state index is 12.7. The van der Waals surface area contributed by atoms with E-state index in [0.717, 1.165) is 24.0 Å². The molecule has 1 aliphatic rings. The summed E-state index contributed by atoms with van der Waals surface area (Å²) in [5.74, 6) is 0.116. The summed E-state index contributed by atoms with van der Waals surface area (Å²) in [5, 5.41) is 2.91. The molecule has 1 fully saturated rings. The van der Waals surface area contributed by atoms with E-state index in [9.17, 15) is 9.59 Å². The Bertz CT molecular complexity index is 1020. The van der Waals surface area contributed by atoms with E-state index in [-0.39, 0.29) is 24.2 Å². The lowest BCUT2D eigenvalue weighted by Crippen LogP contribution is -2.28. The zero-order valence-corrected chi connectivity index (χ0v) is 16.1. The minimum absolute atomic E-state index is 0.0241. The van der Waals surface area contributed by atoms with Gasteiger partial charge in [0.2, 0.25) is 11.8 Å². The number of hydrogen-bond donors (Lipinski definition) is 1. The lowest BCUT2D eigenvalue weighted by molar-refractivity contribution is -0.122. The van der Waals surface area contributed by atoms with Gasteiger partial charge in [0.25, 0.3) is 0 Å². The molecule has 0 saturated carbocycles. The number of hydrogen-bond acceptors (Lipinski definition) is 4. The Morgan fingerprint density at radius 1 is 1.18 bits per heavy atom. The lowest BCUT2D eigenvalue weighted by atomic mass is 10.1. The highest BCUT2D eigenvalue weighted by Gasteiger charge is 2.35. The molecule has 28 heavy (non-hydrogen) atoms. The zero-order valence-electron chi connectivity index (χ0n) is 16.1. The van der Waals surface area contributed by atoms with Crippen molar-refractivity contribution in [2.75, 3.05) is 16.8 Å². The molecule has 4 rings (SSSR count). The zero-order chi connectivity index (χ0) is 19.7. The average Bonchev–Trinajstić information content (AvgIpc) is 3.31. The monoisotopic (exact) mass is 377 g/mol. The molecule has 1 unspecified atom stereocenters. The van der Waals surface area contributed by atoms with Crippen molar-refractivity contribution in [3.63, 3.8) is 0 Å². The van der Waals surface area contributed by atoms with Gasteiger partial charge in [-0.2, -0.15) is 0 Å². The number of fused-ring (bicyclic) bond motifs is 1. The molecule has 144 valence electrons. The molecule has 6 nitrogen and oxygen atoms in total. The van der Waals surface area contributed by atoms with E-state index in [4.69, 9.17) is 4.42 Å². The van der Waals surface area contributed by atoms with Crippen molar-refractivity contribution in [3.8, 4) is 0 Å². The van der Waals surface area contributed by atoms with Crippen molar-refractivity contribution >= 4 is 34.3 Å². The summed E-state index contributed by atoms with van der Waals surface area (Å²) in [6.07, 6.45) is 1.89. The normalized spacial score (nSPS) is 16.7. The second-order valence-electron chi connectivity index (χ2n) is 7.06. The van der Waals surface area contributed by atoms with E-state index in [2.05, 4.69) is 17.2 Å². The third-order valence-corrected chi connectivity index (χ3v) is 5.15. The number of amides is 2. The van der Waals surface area contributed by atoms with Crippen LogP contribution in [0.1, 0.15) is 31.7 Å². The van der Waals surface area contributed by atoms with Gasteiger partial charge < -0.3 is 14.6 Å². The number of carbonyl (C=O) groups excluding carboxylic acids is 2. The minimum atomic E-state index is -0.377. The van der Waals surface area contributed by atoms with Gasteiger partial charge in [0.1, 0.15) is 5.52 Å². The number of benzene rings is 2. The number of nitrogens with zero attached hydrogens (tertiary/aromatic N) is 2. The van der Waals surface area contributed by atoms with Crippen LogP contribution in [0.2, 0.25) is 0 Å². The number of anilines is 2. The molecule has 6 heteroatoms. The van der Waals surface area contributed by atoms with Crippen molar-refractivity contribution in [3.05, 3.63) is 53.9 Å². The molecule has 1 saturated heterocycles. The third kappa shape index (κ3) is 3.50. The summed E-state index contributed by atoms with van der Waals surface area (Å²) in [6.45, 7) is 4.46. The number of aromatic nitrogens is 1. The third-order valence-electron chi connectivity index (χ3n) is 5.15. The first-order valence-corrected chi connectivity index (χ1v) is 9.67. The SMILES string of the molecule is CCc1ccc(N2CC(C(=O)Nc3ccc4oc(CC)nc4c3)CC2=O)cc1. The van der Waals surface area contributed by atoms with Crippen molar-refractivity contribution in [1.82, 2.24) is 4.98 Å². The van der Waals surface area contributed by atoms with E-state index >= 15 is 0 Å². The van der Waals surface area contributed by atoms with Gasteiger partial charge in [0.15, 0.2) is 11.5 Å². The van der Waals surface area contributed by atoms with Crippen LogP contribution in [0.5, 0.6) is 0 Å². The van der Waals surface area contributed by atoms with E-state index < -0.39 is 0 Å². The molecular weight excluding hydrogens is 354 g/mol. The van der Waals surface area contributed by atoms with Gasteiger partial charge in [-0.25, -0.2) is 4.98 Å². The highest BCUT2D eigenvalue weighted by molar-refractivity contribution is 6.03. The van der Waals surface area contributed by atoms with Crippen LogP contribution in [0.4, 0.5) is 11.4 Å². The second kappa shape index (κ2) is 7.46. The standard InChI is InChI=1S/C22H23N3O3/c1-3-14-5-8-17(9-6-14)25-13-15(11-21(25)26)22(27)23-16-7-10-19-18(12-16)24-20(4-2)28-19/h5-10,12,15H,3-4,11,13H2,1-2H3,(H,23,27). The Kier molecular flexibility index (Phi) is 4.86. The molecule has 1 atom stereocenters. The molecule has 2 heterocycles. The quantitative estimate of drug-likeness (QED) is 0.731. The predicted octanol–water partition coefficient (Wildman–Crippen LogP) is 3.94. The van der Waals surface area contributed by atoms with Crippen LogP contribution in [-0.4, -0.2) is 23.3 Å². The van der Waals surface area contributed by atoms with Crippen molar-refractivity contribution in [1.29, 1.82) is 0 Å². The first-order valence-electron chi connectivity index (χ1n) is 9.67. The molecule has 1 aliphatic heterocycles. The van der Waals surface area contributed by atoms with Gasteiger partial charge in [-0.3, -0.25) is 9.59 Å². The highest BCUT2D eigenvalue weighted by Crippen LogP contribution is 2.27. The summed E-state index contributed by atoms with van der Waals surface area (Å²) >= 11 is 0. The fraction of sp³-hybridized carbons (Fsp3) is 0.318. The Morgan fingerprint density at radius 3 is 2.68 bits per heavy atom. The number of oxazole rings is 1. The number of nitrogens with one attached hydrogen (secondary N) is 1. The Balaban J connectivity index is 1.45. The molecule has 2 amide bonds. The highest BCUT2D eigenvalue weighted by atomic mass is 16.3. The Labute approximate surface area is 163 Å². The van der Waals surface area contributed by atoms with Gasteiger partial charge in [-0.15, -0.1) is 0 Å². The fourth-order valence-corrected chi connectivity index (χ4v) is 3.49. The first-order chi connectivity index (χ1) is 13.6. The van der Waals surface area contributed by atoms with E-state index in [0.29, 0.717) is 23.7 Å². The molecule has 0 radical (unpaired) electrons. The molecule has 2 aromatic carbocycles. The van der Waals surface area contributed by atoms with Crippen molar-refractivity contribution in [2.45, 2.75) is 33.1 Å². The molecule has 1 N–H and O–H groups in total. The Hall–Kier alpha value is -3.15.